The van der Waals surface area contributed by atoms with Gasteiger partial charge in [0.2, 0.25) is 0 Å². The van der Waals surface area contributed by atoms with E-state index in [9.17, 15) is 15.2 Å². The number of rotatable bonds is 4. The van der Waals surface area contributed by atoms with E-state index in [0.29, 0.717) is 11.4 Å². The fourth-order valence-corrected chi connectivity index (χ4v) is 1.79. The molecule has 2 rings (SSSR count). The second-order valence-electron chi connectivity index (χ2n) is 4.41. The fraction of sp³-hybridized carbons (Fsp3) is 0.133. The van der Waals surface area contributed by atoms with Gasteiger partial charge in [-0.1, -0.05) is 17.9 Å². The highest BCUT2D eigenvalue weighted by atomic mass is 16.6. The Morgan fingerprint density at radius 1 is 1.24 bits per heavy atom. The van der Waals surface area contributed by atoms with Gasteiger partial charge in [-0.25, -0.2) is 0 Å². The molecule has 6 nitrogen and oxygen atoms in total. The van der Waals surface area contributed by atoms with Gasteiger partial charge in [-0.15, -0.1) is 0 Å². The second-order valence-corrected chi connectivity index (χ2v) is 4.41. The van der Waals surface area contributed by atoms with E-state index < -0.39 is 4.92 Å². The molecule has 0 heterocycles. The maximum atomic E-state index is 11.7. The molecular formula is C15H13N2O4-. The van der Waals surface area contributed by atoms with Crippen LogP contribution in [0.25, 0.3) is 0 Å². The number of methoxy groups -OCH3 is 1. The van der Waals surface area contributed by atoms with Crippen molar-refractivity contribution >= 4 is 17.6 Å². The van der Waals surface area contributed by atoms with Gasteiger partial charge in [-0.3, -0.25) is 15.1 Å². The predicted molar refractivity (Wildman–Crippen MR) is 77.5 cm³/mol. The highest BCUT2D eigenvalue weighted by molar-refractivity contribution is 5.86. The Bertz CT molecular complexity index is 711. The van der Waals surface area contributed by atoms with Crippen LogP contribution >= 0.6 is 0 Å². The van der Waals surface area contributed by atoms with Gasteiger partial charge in [0.15, 0.2) is 0 Å². The highest BCUT2D eigenvalue weighted by Gasteiger charge is 2.06. The first kappa shape index (κ1) is 14.5. The van der Waals surface area contributed by atoms with Crippen LogP contribution in [0.5, 0.6) is 11.5 Å². The van der Waals surface area contributed by atoms with Gasteiger partial charge >= 0.3 is 0 Å². The number of aliphatic imine (C=N–C) groups is 1. The number of ether oxygens (including phenoxy) is 1. The minimum absolute atomic E-state index is 0.146. The van der Waals surface area contributed by atoms with Crippen LogP contribution in [-0.2, 0) is 0 Å². The lowest BCUT2D eigenvalue weighted by atomic mass is 10.2. The summed E-state index contributed by atoms with van der Waals surface area (Å²) in [5.41, 5.74) is 1.56. The molecule has 108 valence electrons. The Kier molecular flexibility index (Phi) is 4.18. The van der Waals surface area contributed by atoms with E-state index >= 15 is 0 Å². The first-order valence-corrected chi connectivity index (χ1v) is 6.15. The number of aryl methyl sites for hydroxylation is 1. The molecule has 0 spiro atoms. The van der Waals surface area contributed by atoms with Crippen molar-refractivity contribution in [1.82, 2.24) is 0 Å². The van der Waals surface area contributed by atoms with E-state index in [1.807, 2.05) is 13.0 Å². The minimum Gasteiger partial charge on any atom is -0.872 e. The Morgan fingerprint density at radius 2 is 2.00 bits per heavy atom. The van der Waals surface area contributed by atoms with Crippen LogP contribution in [0.4, 0.5) is 11.4 Å². The zero-order chi connectivity index (χ0) is 15.4. The third-order valence-corrected chi connectivity index (χ3v) is 2.88. The predicted octanol–water partition coefficient (Wildman–Crippen LogP) is 2.74. The van der Waals surface area contributed by atoms with Crippen LogP contribution in [0.15, 0.2) is 41.4 Å². The van der Waals surface area contributed by atoms with Gasteiger partial charge in [-0.05, 0) is 30.2 Å². The summed E-state index contributed by atoms with van der Waals surface area (Å²) in [5, 5.41) is 22.4. The number of non-ortho nitro benzene ring substituents is 1. The van der Waals surface area contributed by atoms with Crippen LogP contribution in [0.2, 0.25) is 0 Å². The maximum absolute atomic E-state index is 11.7. The lowest BCUT2D eigenvalue weighted by Crippen LogP contribution is -1.98. The van der Waals surface area contributed by atoms with Crippen LogP contribution in [-0.4, -0.2) is 18.2 Å². The van der Waals surface area contributed by atoms with E-state index in [1.54, 1.807) is 12.1 Å². The van der Waals surface area contributed by atoms with E-state index in [-0.39, 0.29) is 17.0 Å². The van der Waals surface area contributed by atoms with Crippen LogP contribution in [0.3, 0.4) is 0 Å². The normalized spacial score (nSPS) is 10.8. The molecule has 0 fully saturated rings. The molecule has 0 aliphatic rings. The molecule has 0 bridgehead atoms. The zero-order valence-electron chi connectivity index (χ0n) is 11.6. The third-order valence-electron chi connectivity index (χ3n) is 2.88. The van der Waals surface area contributed by atoms with Crippen molar-refractivity contribution in [2.24, 2.45) is 4.99 Å². The second kappa shape index (κ2) is 6.04. The van der Waals surface area contributed by atoms with E-state index in [0.717, 1.165) is 11.6 Å². The van der Waals surface area contributed by atoms with Gasteiger partial charge < -0.3 is 9.84 Å². The molecule has 0 aliphatic carbocycles. The standard InChI is InChI=1S/C15H14N2O4/c1-10-3-6-15(21-2)13(7-10)16-9-11-8-12(17(19)20)4-5-14(11)18/h3-9,18H,1-2H3/p-1. The summed E-state index contributed by atoms with van der Waals surface area (Å²) in [6.45, 7) is 1.91. The van der Waals surface area contributed by atoms with E-state index in [2.05, 4.69) is 4.99 Å². The smallest absolute Gasteiger partial charge is 0.270 e. The first-order chi connectivity index (χ1) is 10.0. The van der Waals surface area contributed by atoms with Crippen molar-refractivity contribution in [3.05, 3.63) is 57.6 Å². The summed E-state index contributed by atoms with van der Waals surface area (Å²) in [5.74, 6) is 0.241. The number of benzene rings is 2. The summed E-state index contributed by atoms with van der Waals surface area (Å²) in [4.78, 5) is 14.4. The molecule has 0 saturated heterocycles. The molecule has 2 aromatic rings. The number of nitro benzene ring substituents is 1. The van der Waals surface area contributed by atoms with Gasteiger partial charge in [0, 0.05) is 18.3 Å². The van der Waals surface area contributed by atoms with Gasteiger partial charge in [0.1, 0.15) is 11.4 Å². The lowest BCUT2D eigenvalue weighted by Gasteiger charge is -2.09. The molecule has 0 saturated carbocycles. The highest BCUT2D eigenvalue weighted by Crippen LogP contribution is 2.28. The van der Waals surface area contributed by atoms with Gasteiger partial charge in [0.05, 0.1) is 12.0 Å². The van der Waals surface area contributed by atoms with E-state index in [1.165, 1.54) is 25.5 Å². The Hall–Kier alpha value is -2.89. The molecular weight excluding hydrogens is 272 g/mol. The average molecular weight is 285 g/mol. The summed E-state index contributed by atoms with van der Waals surface area (Å²) in [7, 11) is 1.52. The quantitative estimate of drug-likeness (QED) is 0.491. The van der Waals surface area contributed by atoms with Gasteiger partial charge in [0.25, 0.3) is 5.69 Å². The maximum Gasteiger partial charge on any atom is 0.270 e. The monoisotopic (exact) mass is 285 g/mol. The van der Waals surface area contributed by atoms with Crippen molar-refractivity contribution in [2.45, 2.75) is 6.92 Å². The molecule has 21 heavy (non-hydrogen) atoms. The van der Waals surface area contributed by atoms with Crippen molar-refractivity contribution in [3.8, 4) is 11.5 Å². The van der Waals surface area contributed by atoms with Crippen molar-refractivity contribution < 1.29 is 14.8 Å². The largest absolute Gasteiger partial charge is 0.872 e. The molecule has 0 aromatic heterocycles. The molecule has 0 unspecified atom stereocenters. The number of hydrogen-bond acceptors (Lipinski definition) is 5. The van der Waals surface area contributed by atoms with Crippen molar-refractivity contribution in [2.75, 3.05) is 7.11 Å². The van der Waals surface area contributed by atoms with Crippen LogP contribution in [0, 0.1) is 17.0 Å². The minimum atomic E-state index is -0.552. The van der Waals surface area contributed by atoms with Gasteiger partial charge in [-0.2, -0.15) is 0 Å². The van der Waals surface area contributed by atoms with Crippen molar-refractivity contribution in [1.29, 1.82) is 0 Å². The molecule has 0 aliphatic heterocycles. The molecule has 2 aromatic carbocycles. The average Bonchev–Trinajstić information content (AvgIpc) is 2.46. The summed E-state index contributed by atoms with van der Waals surface area (Å²) in [6, 6.07) is 8.99. The number of nitrogens with zero attached hydrogens (tertiary/aromatic N) is 2. The SMILES string of the molecule is COc1ccc(C)cc1N=Cc1cc([N+](=O)[O-])ccc1[O-]. The molecule has 0 radical (unpaired) electrons. The summed E-state index contributed by atoms with van der Waals surface area (Å²) >= 11 is 0. The zero-order valence-corrected chi connectivity index (χ0v) is 11.6. The first-order valence-electron chi connectivity index (χ1n) is 6.15. The Balaban J connectivity index is 2.39. The Morgan fingerprint density at radius 3 is 2.67 bits per heavy atom. The topological polar surface area (TPSA) is 87.8 Å². The van der Waals surface area contributed by atoms with Crippen LogP contribution in [0.1, 0.15) is 11.1 Å². The fourth-order valence-electron chi connectivity index (χ4n) is 1.79. The molecule has 0 atom stereocenters. The van der Waals surface area contributed by atoms with Crippen molar-refractivity contribution in [3.63, 3.8) is 0 Å². The number of hydrogen-bond donors (Lipinski definition) is 0. The summed E-state index contributed by atoms with van der Waals surface area (Å²) < 4.78 is 5.18. The van der Waals surface area contributed by atoms with E-state index in [4.69, 9.17) is 4.74 Å². The molecule has 0 amide bonds. The van der Waals surface area contributed by atoms with Crippen LogP contribution < -0.4 is 9.84 Å². The molecule has 0 N–H and O–H groups in total. The lowest BCUT2D eigenvalue weighted by molar-refractivity contribution is -0.385. The Labute approximate surface area is 121 Å². The summed E-state index contributed by atoms with van der Waals surface area (Å²) in [6.07, 6.45) is 1.31. The number of nitro groups is 1. The third kappa shape index (κ3) is 3.36. The molecule has 6 heteroatoms.